The van der Waals surface area contributed by atoms with Crippen LogP contribution in [0.2, 0.25) is 0 Å². The molecule has 8 nitrogen and oxygen atoms in total. The number of nitrogens with one attached hydrogen (secondary N) is 1. The Labute approximate surface area is 373 Å². The highest BCUT2D eigenvalue weighted by molar-refractivity contribution is 7.47. The van der Waals surface area contributed by atoms with Gasteiger partial charge in [0.25, 0.3) is 0 Å². The number of rotatable bonds is 47. The lowest BCUT2D eigenvalue weighted by atomic mass is 10.0. The summed E-state index contributed by atoms with van der Waals surface area (Å²) in [6.07, 6.45) is 53.1. The monoisotopic (exact) mass is 870 g/mol. The SMILES string of the molecule is CCCCCCC/C=C/C(O)C(COP(=O)(O)OCC[N+](C)(C)C)NC(=O)CCCCCCCCCCCCCCCCCCCCC/C=C\CCCCCCCCCC. The molecule has 0 saturated heterocycles. The van der Waals surface area contributed by atoms with Gasteiger partial charge >= 0.3 is 7.82 Å². The van der Waals surface area contributed by atoms with Crippen LogP contribution in [0.4, 0.5) is 0 Å². The summed E-state index contributed by atoms with van der Waals surface area (Å²) in [5, 5.41) is 13.7. The molecule has 0 bridgehead atoms. The molecule has 0 aromatic heterocycles. The van der Waals surface area contributed by atoms with Gasteiger partial charge in [0.2, 0.25) is 5.91 Å². The van der Waals surface area contributed by atoms with E-state index in [1.165, 1.54) is 186 Å². The molecule has 0 aliphatic carbocycles. The van der Waals surface area contributed by atoms with Gasteiger partial charge in [-0.1, -0.05) is 218 Å². The zero-order chi connectivity index (χ0) is 44.3. The van der Waals surface area contributed by atoms with E-state index in [0.29, 0.717) is 17.4 Å². The van der Waals surface area contributed by atoms with Crippen LogP contribution >= 0.6 is 7.82 Å². The van der Waals surface area contributed by atoms with Gasteiger partial charge in [0.1, 0.15) is 13.2 Å². The van der Waals surface area contributed by atoms with Crippen LogP contribution < -0.4 is 5.32 Å². The summed E-state index contributed by atoms with van der Waals surface area (Å²) in [6, 6.07) is -0.840. The van der Waals surface area contributed by atoms with Crippen LogP contribution in [0, 0.1) is 0 Å². The molecule has 0 heterocycles. The highest BCUT2D eigenvalue weighted by Gasteiger charge is 2.27. The van der Waals surface area contributed by atoms with Crippen LogP contribution in [0.15, 0.2) is 24.3 Å². The van der Waals surface area contributed by atoms with Gasteiger partial charge in [-0.3, -0.25) is 13.8 Å². The van der Waals surface area contributed by atoms with Crippen molar-refractivity contribution >= 4 is 13.7 Å². The molecule has 0 saturated carbocycles. The second kappa shape index (κ2) is 43.2. The number of amides is 1. The minimum Gasteiger partial charge on any atom is -0.387 e. The van der Waals surface area contributed by atoms with E-state index in [2.05, 4.69) is 31.3 Å². The molecule has 0 aromatic rings. The number of allylic oxidation sites excluding steroid dienone is 3. The molecule has 0 radical (unpaired) electrons. The van der Waals surface area contributed by atoms with E-state index in [4.69, 9.17) is 9.05 Å². The smallest absolute Gasteiger partial charge is 0.387 e. The predicted octanol–water partition coefficient (Wildman–Crippen LogP) is 14.9. The summed E-state index contributed by atoms with van der Waals surface area (Å²) in [7, 11) is 1.58. The third-order valence-electron chi connectivity index (χ3n) is 11.7. The lowest BCUT2D eigenvalue weighted by Crippen LogP contribution is -2.45. The van der Waals surface area contributed by atoms with Crippen molar-refractivity contribution < 1.29 is 32.9 Å². The number of hydrogen-bond donors (Lipinski definition) is 3. The Morgan fingerprint density at radius 3 is 1.28 bits per heavy atom. The molecule has 0 spiro atoms. The van der Waals surface area contributed by atoms with Gasteiger partial charge in [0.05, 0.1) is 39.9 Å². The molecule has 1 amide bonds. The Hall–Kier alpha value is -1.02. The van der Waals surface area contributed by atoms with E-state index in [0.717, 1.165) is 38.5 Å². The average molecular weight is 870 g/mol. The molecular weight excluding hydrogens is 768 g/mol. The van der Waals surface area contributed by atoms with Crippen molar-refractivity contribution in [3.8, 4) is 0 Å². The fourth-order valence-corrected chi connectivity index (χ4v) is 8.30. The minimum absolute atomic E-state index is 0.0629. The topological polar surface area (TPSA) is 105 Å². The van der Waals surface area contributed by atoms with Crippen molar-refractivity contribution in [3.05, 3.63) is 24.3 Å². The van der Waals surface area contributed by atoms with Gasteiger partial charge in [0, 0.05) is 6.42 Å². The number of phosphoric ester groups is 1. The fraction of sp³-hybridized carbons (Fsp3) is 0.902. The lowest BCUT2D eigenvalue weighted by Gasteiger charge is -2.25. The van der Waals surface area contributed by atoms with Crippen molar-refractivity contribution in [3.63, 3.8) is 0 Å². The fourth-order valence-electron chi connectivity index (χ4n) is 7.57. The van der Waals surface area contributed by atoms with Crippen molar-refractivity contribution in [1.82, 2.24) is 5.32 Å². The van der Waals surface area contributed by atoms with Crippen molar-refractivity contribution in [2.24, 2.45) is 0 Å². The predicted molar refractivity (Wildman–Crippen MR) is 258 cm³/mol. The first-order chi connectivity index (χ1) is 29.0. The molecule has 0 aromatic carbocycles. The van der Waals surface area contributed by atoms with Gasteiger partial charge in [-0.15, -0.1) is 0 Å². The zero-order valence-electron chi connectivity index (χ0n) is 40.5. The van der Waals surface area contributed by atoms with E-state index in [1.807, 2.05) is 27.2 Å². The first-order valence-corrected chi connectivity index (χ1v) is 27.2. The van der Waals surface area contributed by atoms with Crippen LogP contribution in [-0.4, -0.2) is 73.4 Å². The lowest BCUT2D eigenvalue weighted by molar-refractivity contribution is -0.870. The molecule has 0 aliphatic heterocycles. The summed E-state index contributed by atoms with van der Waals surface area (Å²) >= 11 is 0. The number of likely N-dealkylation sites (N-methyl/N-ethyl adjacent to an activating group) is 1. The van der Waals surface area contributed by atoms with Gasteiger partial charge in [-0.05, 0) is 44.9 Å². The summed E-state index contributed by atoms with van der Waals surface area (Å²) in [5.74, 6) is -0.178. The molecular formula is C51H102N2O6P+. The number of hydrogen-bond acceptors (Lipinski definition) is 5. The van der Waals surface area contributed by atoms with E-state index in [-0.39, 0.29) is 19.1 Å². The number of nitrogens with zero attached hydrogens (tertiary/aromatic N) is 1. The molecule has 9 heteroatoms. The molecule has 0 rings (SSSR count). The Balaban J connectivity index is 3.88. The average Bonchev–Trinajstić information content (AvgIpc) is 3.20. The Bertz CT molecular complexity index is 1030. The molecule has 3 atom stereocenters. The van der Waals surface area contributed by atoms with Gasteiger partial charge in [0.15, 0.2) is 0 Å². The quantitative estimate of drug-likeness (QED) is 0.0243. The number of carbonyl (C=O) groups is 1. The van der Waals surface area contributed by atoms with Crippen molar-refractivity contribution in [1.29, 1.82) is 0 Å². The summed E-state index contributed by atoms with van der Waals surface area (Å²) in [5.41, 5.74) is 0. The minimum atomic E-state index is -4.33. The van der Waals surface area contributed by atoms with E-state index in [1.54, 1.807) is 6.08 Å². The normalized spacial score (nSPS) is 14.3. The summed E-state index contributed by atoms with van der Waals surface area (Å²) < 4.78 is 23.5. The second-order valence-electron chi connectivity index (χ2n) is 18.9. The van der Waals surface area contributed by atoms with Crippen LogP contribution in [-0.2, 0) is 18.4 Å². The Kier molecular flexibility index (Phi) is 42.5. The summed E-state index contributed by atoms with van der Waals surface area (Å²) in [4.78, 5) is 23.0. The highest BCUT2D eigenvalue weighted by atomic mass is 31.2. The first-order valence-electron chi connectivity index (χ1n) is 25.7. The largest absolute Gasteiger partial charge is 0.472 e. The number of phosphoric acid groups is 1. The molecule has 356 valence electrons. The summed E-state index contributed by atoms with van der Waals surface area (Å²) in [6.45, 7) is 4.77. The van der Waals surface area contributed by atoms with E-state index < -0.39 is 20.0 Å². The number of carbonyl (C=O) groups excluding carboxylic acids is 1. The molecule has 0 aliphatic rings. The Morgan fingerprint density at radius 1 is 0.550 bits per heavy atom. The third kappa shape index (κ3) is 45.0. The standard InChI is InChI=1S/C51H101N2O6P/c1-6-8-10-12-14-15-16-17-18-19-20-21-22-23-24-25-26-27-28-29-30-31-32-33-34-35-36-37-39-41-43-45-51(55)52-49(50(54)44-42-40-38-13-11-9-7-2)48-59-60(56,57)58-47-46-53(3,4)5/h19-20,42,44,49-50,54H,6-18,21-41,43,45-48H2,1-5H3,(H-,52,55,56,57)/p+1/b20-19-,44-42+. The molecule has 60 heavy (non-hydrogen) atoms. The number of unbranched alkanes of at least 4 members (excludes halogenated alkanes) is 32. The van der Waals surface area contributed by atoms with Crippen LogP contribution in [0.3, 0.4) is 0 Å². The zero-order valence-corrected chi connectivity index (χ0v) is 41.4. The van der Waals surface area contributed by atoms with Crippen molar-refractivity contribution in [2.45, 2.75) is 257 Å². The van der Waals surface area contributed by atoms with Crippen LogP contribution in [0.1, 0.15) is 245 Å². The van der Waals surface area contributed by atoms with E-state index >= 15 is 0 Å². The maximum atomic E-state index is 12.8. The maximum Gasteiger partial charge on any atom is 0.472 e. The van der Waals surface area contributed by atoms with Crippen LogP contribution in [0.5, 0.6) is 0 Å². The molecule has 0 fully saturated rings. The third-order valence-corrected chi connectivity index (χ3v) is 12.6. The number of quaternary nitrogens is 1. The molecule has 3 unspecified atom stereocenters. The van der Waals surface area contributed by atoms with Crippen molar-refractivity contribution in [2.75, 3.05) is 40.9 Å². The van der Waals surface area contributed by atoms with Crippen LogP contribution in [0.25, 0.3) is 0 Å². The number of aliphatic hydroxyl groups excluding tert-OH is 1. The number of aliphatic hydroxyl groups is 1. The second-order valence-corrected chi connectivity index (χ2v) is 20.4. The Morgan fingerprint density at radius 2 is 0.900 bits per heavy atom. The van der Waals surface area contributed by atoms with Gasteiger partial charge in [-0.25, -0.2) is 4.57 Å². The first kappa shape index (κ1) is 59.0. The van der Waals surface area contributed by atoms with Gasteiger partial charge < -0.3 is 19.8 Å². The van der Waals surface area contributed by atoms with E-state index in [9.17, 15) is 19.4 Å². The molecule has 3 N–H and O–H groups in total. The van der Waals surface area contributed by atoms with Gasteiger partial charge in [-0.2, -0.15) is 0 Å². The highest BCUT2D eigenvalue weighted by Crippen LogP contribution is 2.43. The maximum absolute atomic E-state index is 12.8.